The van der Waals surface area contributed by atoms with Crippen molar-refractivity contribution < 1.29 is 27.8 Å². The average molecular weight is 782 g/mol. The third-order valence-electron chi connectivity index (χ3n) is 9.91. The summed E-state index contributed by atoms with van der Waals surface area (Å²) in [6.45, 7) is 3.43. The topological polar surface area (TPSA) is 162 Å². The zero-order valence-corrected chi connectivity index (χ0v) is 32.3. The molecule has 296 valence electrons. The van der Waals surface area contributed by atoms with E-state index in [1.54, 1.807) is 12.1 Å². The largest absolute Gasteiger partial charge is 0.487 e. The Morgan fingerprint density at radius 3 is 2.36 bits per heavy atom. The van der Waals surface area contributed by atoms with Crippen molar-refractivity contribution in [3.05, 3.63) is 131 Å². The van der Waals surface area contributed by atoms with Crippen LogP contribution < -0.4 is 25.7 Å². The van der Waals surface area contributed by atoms with Gasteiger partial charge in [-0.25, -0.2) is 17.9 Å². The monoisotopic (exact) mass is 781 g/mol. The number of H-pyrrole nitrogens is 1. The van der Waals surface area contributed by atoms with Crippen molar-refractivity contribution in [3.8, 4) is 16.9 Å². The van der Waals surface area contributed by atoms with E-state index in [1.165, 1.54) is 6.07 Å². The fraction of sp³-hybridized carbons (Fsp3) is 0.349. The maximum Gasteiger partial charge on any atom is 0.411 e. The number of likely N-dealkylation sites (tertiary alicyclic amines) is 1. The predicted octanol–water partition coefficient (Wildman–Crippen LogP) is 6.20. The van der Waals surface area contributed by atoms with Crippen LogP contribution in [0.15, 0.2) is 114 Å². The first kappa shape index (κ1) is 40.6. The molecule has 0 radical (unpaired) electrons. The summed E-state index contributed by atoms with van der Waals surface area (Å²) in [7, 11) is -3.42. The second-order valence-electron chi connectivity index (χ2n) is 14.0. The van der Waals surface area contributed by atoms with Gasteiger partial charge in [-0.1, -0.05) is 91.3 Å². The first-order valence-corrected chi connectivity index (χ1v) is 20.9. The van der Waals surface area contributed by atoms with Gasteiger partial charge in [0, 0.05) is 49.7 Å². The number of sulfonamides is 1. The number of hydrogen-bond donors (Lipinski definition) is 5. The molecule has 12 nitrogen and oxygen atoms in total. The standard InChI is InChI=1S/C43H51N5O7S/c49-39(36-18-20-40(42-37(36)19-21-41(50)47-42)54-31-32-12-4-1-5-13-32)30-44-24-10-3-11-25-45-56(52,53)29-28-48-26-22-34(23-27-48)55-43(51)46-38-17-9-8-16-35(38)33-14-6-2-7-15-33/h1-2,4-9,12-21,34,39,44-45,49H,3,10-11,22-31H2,(H,46,51)(H,47,50)/t39-/m1/s1. The number of pyridine rings is 1. The maximum atomic E-state index is 12.7. The number of aromatic amines is 1. The molecule has 1 fully saturated rings. The van der Waals surface area contributed by atoms with E-state index in [0.717, 1.165) is 34.9 Å². The molecular weight excluding hydrogens is 731 g/mol. The third-order valence-corrected chi connectivity index (χ3v) is 11.3. The van der Waals surface area contributed by atoms with Crippen LogP contribution in [0, 0.1) is 0 Å². The summed E-state index contributed by atoms with van der Waals surface area (Å²) in [6, 6.07) is 34.0. The Bertz CT molecular complexity index is 2180. The number of fused-ring (bicyclic) bond motifs is 1. The van der Waals surface area contributed by atoms with Crippen LogP contribution >= 0.6 is 0 Å². The van der Waals surface area contributed by atoms with E-state index in [0.29, 0.717) is 87.7 Å². The van der Waals surface area contributed by atoms with E-state index in [2.05, 4.69) is 25.2 Å². The predicted molar refractivity (Wildman–Crippen MR) is 220 cm³/mol. The Balaban J connectivity index is 0.834. The van der Waals surface area contributed by atoms with Crippen molar-refractivity contribution >= 4 is 32.7 Å². The number of hydrogen-bond acceptors (Lipinski definition) is 9. The first-order chi connectivity index (χ1) is 27.2. The zero-order valence-electron chi connectivity index (χ0n) is 31.5. The highest BCUT2D eigenvalue weighted by atomic mass is 32.2. The number of aliphatic hydroxyl groups is 1. The number of carbonyl (C=O) groups is 1. The molecule has 5 aromatic rings. The molecule has 2 heterocycles. The van der Waals surface area contributed by atoms with Crippen molar-refractivity contribution in [2.45, 2.75) is 50.9 Å². The van der Waals surface area contributed by atoms with Gasteiger partial charge in [0.25, 0.3) is 0 Å². The van der Waals surface area contributed by atoms with Crippen molar-refractivity contribution in [1.29, 1.82) is 0 Å². The Hall–Kier alpha value is -5.05. The lowest BCUT2D eigenvalue weighted by molar-refractivity contribution is 0.0608. The van der Waals surface area contributed by atoms with E-state index in [4.69, 9.17) is 9.47 Å². The van der Waals surface area contributed by atoms with Gasteiger partial charge in [-0.15, -0.1) is 0 Å². The number of piperidine rings is 1. The molecule has 1 amide bonds. The molecule has 0 aliphatic carbocycles. The fourth-order valence-corrected chi connectivity index (χ4v) is 7.95. The van der Waals surface area contributed by atoms with E-state index >= 15 is 0 Å². The van der Waals surface area contributed by atoms with Crippen molar-refractivity contribution in [3.63, 3.8) is 0 Å². The smallest absolute Gasteiger partial charge is 0.411 e. The van der Waals surface area contributed by atoms with Gasteiger partial charge in [0.15, 0.2) is 0 Å². The van der Waals surface area contributed by atoms with Gasteiger partial charge in [0.1, 0.15) is 18.5 Å². The number of benzene rings is 4. The molecule has 1 aliphatic rings. The van der Waals surface area contributed by atoms with Gasteiger partial charge in [-0.3, -0.25) is 10.1 Å². The second-order valence-corrected chi connectivity index (χ2v) is 15.9. The van der Waals surface area contributed by atoms with Crippen LogP contribution in [0.3, 0.4) is 0 Å². The lowest BCUT2D eigenvalue weighted by Gasteiger charge is -2.31. The molecule has 1 aliphatic heterocycles. The summed E-state index contributed by atoms with van der Waals surface area (Å²) < 4.78 is 39.8. The molecule has 0 spiro atoms. The molecular formula is C43H51N5O7S. The van der Waals surface area contributed by atoms with Crippen molar-refractivity contribution in [2.24, 2.45) is 0 Å². The molecule has 1 atom stereocenters. The number of ether oxygens (including phenoxy) is 2. The Morgan fingerprint density at radius 1 is 0.857 bits per heavy atom. The van der Waals surface area contributed by atoms with Gasteiger partial charge >= 0.3 is 6.09 Å². The van der Waals surface area contributed by atoms with Crippen molar-refractivity contribution in [1.82, 2.24) is 19.9 Å². The molecule has 0 unspecified atom stereocenters. The molecule has 6 rings (SSSR count). The summed E-state index contributed by atoms with van der Waals surface area (Å²) in [5, 5.41) is 17.9. The van der Waals surface area contributed by atoms with Gasteiger partial charge in [0.05, 0.1) is 23.1 Å². The fourth-order valence-electron chi connectivity index (χ4n) is 6.85. The van der Waals surface area contributed by atoms with Crippen LogP contribution in [0.1, 0.15) is 49.3 Å². The summed E-state index contributed by atoms with van der Waals surface area (Å²) in [5.41, 5.74) is 4.59. The molecule has 56 heavy (non-hydrogen) atoms. The molecule has 0 bridgehead atoms. The molecule has 5 N–H and O–H groups in total. The lowest BCUT2D eigenvalue weighted by atomic mass is 10.0. The van der Waals surface area contributed by atoms with Gasteiger partial charge < -0.3 is 29.8 Å². The number of carbonyl (C=O) groups excluding carboxylic acids is 1. The van der Waals surface area contributed by atoms with Crippen molar-refractivity contribution in [2.75, 3.05) is 50.3 Å². The van der Waals surface area contributed by atoms with Crippen LogP contribution in [0.25, 0.3) is 22.0 Å². The first-order valence-electron chi connectivity index (χ1n) is 19.3. The number of nitrogens with one attached hydrogen (secondary N) is 4. The SMILES string of the molecule is O=C(Nc1ccccc1-c1ccccc1)OC1CCN(CCS(=O)(=O)NCCCCCNC[C@@H](O)c2ccc(OCc3ccccc3)c3[nH]c(=O)ccc23)CC1. The number of nitrogens with zero attached hydrogens (tertiary/aromatic N) is 1. The van der Waals surface area contributed by atoms with E-state index < -0.39 is 22.2 Å². The number of unbranched alkanes of at least 4 members (excludes halogenated alkanes) is 2. The minimum absolute atomic E-state index is 0.0113. The number of aromatic nitrogens is 1. The molecule has 1 saturated heterocycles. The second kappa shape index (κ2) is 20.2. The van der Waals surface area contributed by atoms with Crippen LogP contribution in [0.2, 0.25) is 0 Å². The van der Waals surface area contributed by atoms with E-state index in [1.807, 2.05) is 91.0 Å². The van der Waals surface area contributed by atoms with Gasteiger partial charge in [0.2, 0.25) is 15.6 Å². The Morgan fingerprint density at radius 2 is 1.57 bits per heavy atom. The number of anilines is 1. The Kier molecular flexibility index (Phi) is 14.7. The molecule has 0 saturated carbocycles. The number of para-hydroxylation sites is 1. The molecule has 1 aromatic heterocycles. The minimum Gasteiger partial charge on any atom is -0.487 e. The quantitative estimate of drug-likeness (QED) is 0.0615. The highest BCUT2D eigenvalue weighted by molar-refractivity contribution is 7.89. The van der Waals surface area contributed by atoms with Gasteiger partial charge in [-0.05, 0) is 67.1 Å². The van der Waals surface area contributed by atoms with Crippen LogP contribution in [-0.2, 0) is 21.4 Å². The third kappa shape index (κ3) is 12.0. The summed E-state index contributed by atoms with van der Waals surface area (Å²) in [5.74, 6) is 0.550. The summed E-state index contributed by atoms with van der Waals surface area (Å²) in [6.07, 6.45) is 2.10. The van der Waals surface area contributed by atoms with E-state index in [-0.39, 0.29) is 17.4 Å². The number of rotatable bonds is 19. The average Bonchev–Trinajstić information content (AvgIpc) is 3.21. The van der Waals surface area contributed by atoms with Crippen LogP contribution in [0.4, 0.5) is 10.5 Å². The minimum atomic E-state index is -3.42. The molecule has 13 heteroatoms. The van der Waals surface area contributed by atoms with Crippen LogP contribution in [-0.4, -0.2) is 80.6 Å². The normalized spacial score (nSPS) is 14.4. The summed E-state index contributed by atoms with van der Waals surface area (Å²) in [4.78, 5) is 29.8. The highest BCUT2D eigenvalue weighted by Gasteiger charge is 2.24. The van der Waals surface area contributed by atoms with Gasteiger partial charge in [-0.2, -0.15) is 0 Å². The van der Waals surface area contributed by atoms with E-state index in [9.17, 15) is 23.1 Å². The molecule has 4 aromatic carbocycles. The lowest BCUT2D eigenvalue weighted by Crippen LogP contribution is -2.42. The zero-order chi connectivity index (χ0) is 39.2. The number of aliphatic hydroxyl groups excluding tert-OH is 1. The highest BCUT2D eigenvalue weighted by Crippen LogP contribution is 2.31. The Labute approximate surface area is 328 Å². The van der Waals surface area contributed by atoms with Crippen LogP contribution in [0.5, 0.6) is 5.75 Å². The number of amides is 1. The summed E-state index contributed by atoms with van der Waals surface area (Å²) >= 11 is 0. The maximum absolute atomic E-state index is 12.7.